The van der Waals surface area contributed by atoms with Crippen molar-refractivity contribution >= 4 is 50.7 Å². The standard InChI is InChI=1S/C38H41Cl2N3O4S/c1-27-21-22-35(28(2)23-27)43(48(46,47)31-17-10-5-11-18-31)26-37(44)42(25-32-33(39)19-12-20-34(32)40)36(24-29-13-6-3-7-14-29)38(45)41-30-15-8-4-9-16-30/h3,5-7,10-14,17-23,30,36H,4,8-9,15-16,24-26H2,1-2H3,(H,41,45)/t36-/m1/s1. The number of sulfonamides is 1. The number of hydrogen-bond acceptors (Lipinski definition) is 4. The Hall–Kier alpha value is -3.85. The minimum Gasteiger partial charge on any atom is -0.352 e. The van der Waals surface area contributed by atoms with Gasteiger partial charge in [-0.1, -0.05) is 115 Å². The number of amides is 2. The first-order valence-corrected chi connectivity index (χ1v) is 18.5. The maximum Gasteiger partial charge on any atom is 0.264 e. The number of halogens is 2. The normalized spacial score (nSPS) is 14.2. The Kier molecular flexibility index (Phi) is 11.8. The second-order valence-electron chi connectivity index (χ2n) is 12.4. The van der Waals surface area contributed by atoms with Crippen molar-refractivity contribution < 1.29 is 18.0 Å². The van der Waals surface area contributed by atoms with Gasteiger partial charge in [-0.15, -0.1) is 0 Å². The van der Waals surface area contributed by atoms with Crippen molar-refractivity contribution in [2.24, 2.45) is 0 Å². The summed E-state index contributed by atoms with van der Waals surface area (Å²) in [6, 6.07) is 27.0. The van der Waals surface area contributed by atoms with Crippen LogP contribution in [0, 0.1) is 13.8 Å². The molecule has 0 unspecified atom stereocenters. The molecule has 7 nitrogen and oxygen atoms in total. The lowest BCUT2D eigenvalue weighted by Crippen LogP contribution is -2.55. The fourth-order valence-electron chi connectivity index (χ4n) is 6.27. The number of carbonyl (C=O) groups is 2. The molecule has 5 rings (SSSR count). The van der Waals surface area contributed by atoms with Crippen molar-refractivity contribution in [3.8, 4) is 0 Å². The van der Waals surface area contributed by atoms with E-state index >= 15 is 0 Å². The summed E-state index contributed by atoms with van der Waals surface area (Å²) in [5.41, 5.74) is 3.35. The van der Waals surface area contributed by atoms with Crippen LogP contribution < -0.4 is 9.62 Å². The van der Waals surface area contributed by atoms with E-state index in [2.05, 4.69) is 5.32 Å². The van der Waals surface area contributed by atoms with E-state index < -0.39 is 28.5 Å². The molecular formula is C38H41Cl2N3O4S. The molecule has 0 saturated heterocycles. The van der Waals surface area contributed by atoms with Gasteiger partial charge in [0.05, 0.1) is 10.6 Å². The third-order valence-electron chi connectivity index (χ3n) is 8.84. The number of benzene rings is 4. The number of carbonyl (C=O) groups excluding carboxylic acids is 2. The second-order valence-corrected chi connectivity index (χ2v) is 15.1. The zero-order valence-corrected chi connectivity index (χ0v) is 29.6. The third kappa shape index (κ3) is 8.59. The predicted octanol–water partition coefficient (Wildman–Crippen LogP) is 7.89. The topological polar surface area (TPSA) is 86.8 Å². The molecule has 252 valence electrons. The van der Waals surface area contributed by atoms with Gasteiger partial charge in [0.25, 0.3) is 10.0 Å². The molecule has 0 radical (unpaired) electrons. The van der Waals surface area contributed by atoms with Gasteiger partial charge in [0, 0.05) is 34.6 Å². The van der Waals surface area contributed by atoms with E-state index in [0.29, 0.717) is 26.9 Å². The molecular weight excluding hydrogens is 665 g/mol. The molecule has 1 aliphatic carbocycles. The second kappa shape index (κ2) is 16.0. The summed E-state index contributed by atoms with van der Waals surface area (Å²) >= 11 is 13.3. The van der Waals surface area contributed by atoms with E-state index in [0.717, 1.165) is 47.5 Å². The van der Waals surface area contributed by atoms with Crippen LogP contribution in [0.1, 0.15) is 54.4 Å². The van der Waals surface area contributed by atoms with Crippen molar-refractivity contribution in [1.29, 1.82) is 0 Å². The van der Waals surface area contributed by atoms with Gasteiger partial charge in [-0.25, -0.2) is 8.42 Å². The number of rotatable bonds is 12. The summed E-state index contributed by atoms with van der Waals surface area (Å²) in [6.45, 7) is 3.09. The van der Waals surface area contributed by atoms with Crippen molar-refractivity contribution in [1.82, 2.24) is 10.2 Å². The molecule has 0 aliphatic heterocycles. The largest absolute Gasteiger partial charge is 0.352 e. The molecule has 2 amide bonds. The van der Waals surface area contributed by atoms with Gasteiger partial charge in [-0.2, -0.15) is 0 Å². The highest BCUT2D eigenvalue weighted by atomic mass is 35.5. The summed E-state index contributed by atoms with van der Waals surface area (Å²) in [5, 5.41) is 3.90. The minimum absolute atomic E-state index is 0.00413. The highest BCUT2D eigenvalue weighted by Gasteiger charge is 2.36. The van der Waals surface area contributed by atoms with Crippen LogP contribution in [-0.2, 0) is 32.6 Å². The van der Waals surface area contributed by atoms with Crippen molar-refractivity contribution in [3.05, 3.63) is 129 Å². The zero-order valence-electron chi connectivity index (χ0n) is 27.2. The van der Waals surface area contributed by atoms with Crippen LogP contribution >= 0.6 is 23.2 Å². The molecule has 0 bridgehead atoms. The van der Waals surface area contributed by atoms with E-state index in [1.807, 2.05) is 56.3 Å². The van der Waals surface area contributed by atoms with Crippen LogP contribution in [0.2, 0.25) is 10.0 Å². The molecule has 0 spiro atoms. The zero-order chi connectivity index (χ0) is 34.3. The molecule has 10 heteroatoms. The van der Waals surface area contributed by atoms with Crippen LogP contribution in [0.4, 0.5) is 5.69 Å². The Labute approximate surface area is 293 Å². The molecule has 4 aromatic carbocycles. The summed E-state index contributed by atoms with van der Waals surface area (Å²) in [7, 11) is -4.20. The number of aryl methyl sites for hydroxylation is 2. The molecule has 4 aromatic rings. The van der Waals surface area contributed by atoms with Gasteiger partial charge < -0.3 is 10.2 Å². The van der Waals surface area contributed by atoms with Crippen LogP contribution in [0.3, 0.4) is 0 Å². The molecule has 0 heterocycles. The average molecular weight is 707 g/mol. The van der Waals surface area contributed by atoms with Gasteiger partial charge in [0.1, 0.15) is 12.6 Å². The first-order chi connectivity index (χ1) is 23.0. The van der Waals surface area contributed by atoms with Crippen molar-refractivity contribution in [2.75, 3.05) is 10.8 Å². The SMILES string of the molecule is Cc1ccc(N(CC(=O)N(Cc2c(Cl)cccc2Cl)[C@H](Cc2ccccc2)C(=O)NC2CCCCC2)S(=O)(=O)c2ccccc2)c(C)c1. The van der Waals surface area contributed by atoms with Crippen molar-refractivity contribution in [2.45, 2.75) is 75.9 Å². The quantitative estimate of drug-likeness (QED) is 0.162. The average Bonchev–Trinajstić information content (AvgIpc) is 3.08. The summed E-state index contributed by atoms with van der Waals surface area (Å²) in [5.74, 6) is -0.864. The lowest BCUT2D eigenvalue weighted by molar-refractivity contribution is -0.140. The smallest absolute Gasteiger partial charge is 0.264 e. The molecule has 1 N–H and O–H groups in total. The molecule has 1 atom stereocenters. The van der Waals surface area contributed by atoms with E-state index in [4.69, 9.17) is 23.2 Å². The van der Waals surface area contributed by atoms with Gasteiger partial charge in [0.15, 0.2) is 0 Å². The number of anilines is 1. The molecule has 0 aromatic heterocycles. The first-order valence-electron chi connectivity index (χ1n) is 16.3. The van der Waals surface area contributed by atoms with Crippen LogP contribution in [0.25, 0.3) is 0 Å². The molecule has 1 saturated carbocycles. The molecule has 1 fully saturated rings. The Morgan fingerprint density at radius 3 is 2.08 bits per heavy atom. The fourth-order valence-corrected chi connectivity index (χ4v) is 8.29. The number of hydrogen-bond donors (Lipinski definition) is 1. The monoisotopic (exact) mass is 705 g/mol. The van der Waals surface area contributed by atoms with Crippen LogP contribution in [0.5, 0.6) is 0 Å². The summed E-state index contributed by atoms with van der Waals surface area (Å²) < 4.78 is 29.7. The minimum atomic E-state index is -4.20. The first kappa shape index (κ1) is 35.5. The van der Waals surface area contributed by atoms with E-state index in [-0.39, 0.29) is 29.8 Å². The maximum atomic E-state index is 14.8. The van der Waals surface area contributed by atoms with Gasteiger partial charge in [0.2, 0.25) is 11.8 Å². The van der Waals surface area contributed by atoms with Crippen molar-refractivity contribution in [3.63, 3.8) is 0 Å². The predicted molar refractivity (Wildman–Crippen MR) is 193 cm³/mol. The lowest BCUT2D eigenvalue weighted by Gasteiger charge is -2.35. The summed E-state index contributed by atoms with van der Waals surface area (Å²) in [6.07, 6.45) is 5.11. The Morgan fingerprint density at radius 2 is 1.46 bits per heavy atom. The number of nitrogens with zero attached hydrogens (tertiary/aromatic N) is 2. The third-order valence-corrected chi connectivity index (χ3v) is 11.3. The highest BCUT2D eigenvalue weighted by Crippen LogP contribution is 2.31. The maximum absolute atomic E-state index is 14.8. The van der Waals surface area contributed by atoms with Crippen LogP contribution in [0.15, 0.2) is 102 Å². The fraction of sp³-hybridized carbons (Fsp3) is 0.316. The van der Waals surface area contributed by atoms with Gasteiger partial charge in [-0.3, -0.25) is 13.9 Å². The number of nitrogens with one attached hydrogen (secondary N) is 1. The summed E-state index contributed by atoms with van der Waals surface area (Å²) in [4.78, 5) is 30.6. The Bertz CT molecular complexity index is 1810. The van der Waals surface area contributed by atoms with Gasteiger partial charge >= 0.3 is 0 Å². The molecule has 48 heavy (non-hydrogen) atoms. The Morgan fingerprint density at radius 1 is 0.833 bits per heavy atom. The molecule has 1 aliphatic rings. The lowest BCUT2D eigenvalue weighted by atomic mass is 9.94. The van der Waals surface area contributed by atoms with Crippen LogP contribution in [-0.4, -0.2) is 43.8 Å². The van der Waals surface area contributed by atoms with E-state index in [1.54, 1.807) is 42.5 Å². The highest BCUT2D eigenvalue weighted by molar-refractivity contribution is 7.92. The van der Waals surface area contributed by atoms with E-state index in [1.165, 1.54) is 17.0 Å². The Balaban J connectivity index is 1.60. The van der Waals surface area contributed by atoms with Gasteiger partial charge in [-0.05, 0) is 68.1 Å². The van der Waals surface area contributed by atoms with E-state index in [9.17, 15) is 18.0 Å².